The summed E-state index contributed by atoms with van der Waals surface area (Å²) in [6, 6.07) is 15.2. The number of hydrogen-bond acceptors (Lipinski definition) is 4. The first kappa shape index (κ1) is 15.0. The van der Waals surface area contributed by atoms with Crippen LogP contribution in [0.25, 0.3) is 5.65 Å². The van der Waals surface area contributed by atoms with Crippen LogP contribution in [0.2, 0.25) is 0 Å². The van der Waals surface area contributed by atoms with E-state index in [1.807, 2.05) is 59.1 Å². The van der Waals surface area contributed by atoms with Crippen LogP contribution >= 0.6 is 0 Å². The van der Waals surface area contributed by atoms with Gasteiger partial charge in [0.2, 0.25) is 5.91 Å². The molecular weight excluding hydrogens is 292 g/mol. The standard InChI is InChI=1S/C17H18N4O2/c22-17(10-13-23-14-6-2-1-3-7-14)18-11-9-16-20-19-15-8-4-5-12-21(15)16/h1-8,12H,9-11,13H2,(H,18,22). The number of carbonyl (C=O) groups excluding carboxylic acids is 1. The molecule has 1 N–H and O–H groups in total. The third kappa shape index (κ3) is 4.06. The zero-order chi connectivity index (χ0) is 15.9. The molecular formula is C17H18N4O2. The SMILES string of the molecule is O=C(CCOc1ccccc1)NCCc1nnc2ccccn12. The minimum Gasteiger partial charge on any atom is -0.493 e. The average Bonchev–Trinajstić information content (AvgIpc) is 2.99. The molecule has 118 valence electrons. The van der Waals surface area contributed by atoms with E-state index in [1.54, 1.807) is 0 Å². The summed E-state index contributed by atoms with van der Waals surface area (Å²) in [5, 5.41) is 11.1. The van der Waals surface area contributed by atoms with Crippen molar-refractivity contribution < 1.29 is 9.53 Å². The first-order chi connectivity index (χ1) is 11.3. The topological polar surface area (TPSA) is 68.5 Å². The van der Waals surface area contributed by atoms with Crippen molar-refractivity contribution in [1.29, 1.82) is 0 Å². The molecule has 2 heterocycles. The summed E-state index contributed by atoms with van der Waals surface area (Å²) in [7, 11) is 0. The fourth-order valence-corrected chi connectivity index (χ4v) is 2.24. The summed E-state index contributed by atoms with van der Waals surface area (Å²) in [5.74, 6) is 1.58. The zero-order valence-corrected chi connectivity index (χ0v) is 12.7. The van der Waals surface area contributed by atoms with Gasteiger partial charge in [-0.1, -0.05) is 24.3 Å². The lowest BCUT2D eigenvalue weighted by Gasteiger charge is -2.07. The number of amides is 1. The molecule has 0 aliphatic rings. The Balaban J connectivity index is 1.39. The monoisotopic (exact) mass is 310 g/mol. The minimum absolute atomic E-state index is 0.0326. The lowest BCUT2D eigenvalue weighted by Crippen LogP contribution is -2.27. The maximum atomic E-state index is 11.8. The van der Waals surface area contributed by atoms with Gasteiger partial charge in [0.15, 0.2) is 5.65 Å². The zero-order valence-electron chi connectivity index (χ0n) is 12.7. The van der Waals surface area contributed by atoms with Crippen LogP contribution in [0, 0.1) is 0 Å². The number of nitrogens with zero attached hydrogens (tertiary/aromatic N) is 3. The van der Waals surface area contributed by atoms with E-state index in [2.05, 4.69) is 15.5 Å². The molecule has 0 bridgehead atoms. The number of aromatic nitrogens is 3. The van der Waals surface area contributed by atoms with Gasteiger partial charge in [0.25, 0.3) is 0 Å². The number of hydrogen-bond donors (Lipinski definition) is 1. The third-order valence-corrected chi connectivity index (χ3v) is 3.40. The van der Waals surface area contributed by atoms with Gasteiger partial charge >= 0.3 is 0 Å². The first-order valence-corrected chi connectivity index (χ1v) is 7.56. The third-order valence-electron chi connectivity index (χ3n) is 3.40. The fraction of sp³-hybridized carbons (Fsp3) is 0.235. The van der Waals surface area contributed by atoms with E-state index in [9.17, 15) is 4.79 Å². The highest BCUT2D eigenvalue weighted by atomic mass is 16.5. The Morgan fingerprint density at radius 1 is 1.09 bits per heavy atom. The van der Waals surface area contributed by atoms with E-state index in [0.29, 0.717) is 26.0 Å². The Morgan fingerprint density at radius 2 is 1.91 bits per heavy atom. The van der Waals surface area contributed by atoms with Crippen LogP contribution in [0.5, 0.6) is 5.75 Å². The van der Waals surface area contributed by atoms with E-state index < -0.39 is 0 Å². The first-order valence-electron chi connectivity index (χ1n) is 7.56. The molecule has 6 nitrogen and oxygen atoms in total. The van der Waals surface area contributed by atoms with Gasteiger partial charge in [-0.15, -0.1) is 10.2 Å². The van der Waals surface area contributed by atoms with Gasteiger partial charge in [0.05, 0.1) is 13.0 Å². The van der Waals surface area contributed by atoms with Crippen molar-refractivity contribution in [3.63, 3.8) is 0 Å². The van der Waals surface area contributed by atoms with Crippen LogP contribution in [0.15, 0.2) is 54.7 Å². The number of ether oxygens (including phenoxy) is 1. The van der Waals surface area contributed by atoms with Crippen LogP contribution in [0.1, 0.15) is 12.2 Å². The van der Waals surface area contributed by atoms with E-state index >= 15 is 0 Å². The normalized spacial score (nSPS) is 10.6. The van der Waals surface area contributed by atoms with Gasteiger partial charge < -0.3 is 10.1 Å². The van der Waals surface area contributed by atoms with Crippen LogP contribution in [0.4, 0.5) is 0 Å². The Labute approximate surface area is 134 Å². The summed E-state index contributed by atoms with van der Waals surface area (Å²) in [6.07, 6.45) is 2.88. The molecule has 2 aromatic heterocycles. The van der Waals surface area contributed by atoms with E-state index in [1.165, 1.54) is 0 Å². The second-order valence-electron chi connectivity index (χ2n) is 5.06. The highest BCUT2D eigenvalue weighted by Crippen LogP contribution is 2.08. The molecule has 6 heteroatoms. The molecule has 0 aliphatic heterocycles. The highest BCUT2D eigenvalue weighted by Gasteiger charge is 2.06. The molecule has 0 radical (unpaired) electrons. The van der Waals surface area contributed by atoms with Crippen molar-refractivity contribution in [3.8, 4) is 5.75 Å². The molecule has 0 saturated carbocycles. The van der Waals surface area contributed by atoms with Gasteiger partial charge in [0.1, 0.15) is 11.6 Å². The Bertz CT molecular complexity index is 770. The van der Waals surface area contributed by atoms with Crippen LogP contribution < -0.4 is 10.1 Å². The van der Waals surface area contributed by atoms with Crippen LogP contribution in [0.3, 0.4) is 0 Å². The second kappa shape index (κ2) is 7.40. The predicted octanol–water partition coefficient (Wildman–Crippen LogP) is 1.86. The summed E-state index contributed by atoms with van der Waals surface area (Å²) in [6.45, 7) is 0.892. The van der Waals surface area contributed by atoms with Gasteiger partial charge in [-0.25, -0.2) is 0 Å². The lowest BCUT2D eigenvalue weighted by molar-refractivity contribution is -0.121. The van der Waals surface area contributed by atoms with Gasteiger partial charge in [-0.2, -0.15) is 0 Å². The molecule has 0 spiro atoms. The molecule has 1 aromatic carbocycles. The smallest absolute Gasteiger partial charge is 0.223 e. The van der Waals surface area contributed by atoms with E-state index in [4.69, 9.17) is 4.74 Å². The summed E-state index contributed by atoms with van der Waals surface area (Å²) >= 11 is 0. The van der Waals surface area contributed by atoms with E-state index in [-0.39, 0.29) is 5.91 Å². The molecule has 3 aromatic rings. The largest absolute Gasteiger partial charge is 0.493 e. The number of nitrogens with one attached hydrogen (secondary N) is 1. The summed E-state index contributed by atoms with van der Waals surface area (Å²) in [4.78, 5) is 11.8. The van der Waals surface area contributed by atoms with Crippen molar-refractivity contribution in [2.75, 3.05) is 13.2 Å². The second-order valence-corrected chi connectivity index (χ2v) is 5.06. The fourth-order valence-electron chi connectivity index (χ4n) is 2.24. The van der Waals surface area contributed by atoms with E-state index in [0.717, 1.165) is 17.2 Å². The number of benzene rings is 1. The van der Waals surface area contributed by atoms with Crippen molar-refractivity contribution >= 4 is 11.6 Å². The number of para-hydroxylation sites is 1. The molecule has 0 unspecified atom stereocenters. The molecule has 1 amide bonds. The number of fused-ring (bicyclic) bond motifs is 1. The van der Waals surface area contributed by atoms with Crippen molar-refractivity contribution in [2.45, 2.75) is 12.8 Å². The predicted molar refractivity (Wildman–Crippen MR) is 86.3 cm³/mol. The van der Waals surface area contributed by atoms with Crippen molar-refractivity contribution in [3.05, 3.63) is 60.6 Å². The Morgan fingerprint density at radius 3 is 2.78 bits per heavy atom. The summed E-state index contributed by atoms with van der Waals surface area (Å²) in [5.41, 5.74) is 0.810. The number of rotatable bonds is 7. The minimum atomic E-state index is -0.0326. The Hall–Kier alpha value is -2.89. The molecule has 0 aliphatic carbocycles. The van der Waals surface area contributed by atoms with Crippen molar-refractivity contribution in [2.24, 2.45) is 0 Å². The average molecular weight is 310 g/mol. The quantitative estimate of drug-likeness (QED) is 0.723. The number of carbonyl (C=O) groups is 1. The molecule has 0 fully saturated rings. The maximum Gasteiger partial charge on any atom is 0.223 e. The number of pyridine rings is 1. The molecule has 23 heavy (non-hydrogen) atoms. The van der Waals surface area contributed by atoms with Gasteiger partial charge in [0, 0.05) is 19.2 Å². The highest BCUT2D eigenvalue weighted by molar-refractivity contribution is 5.75. The lowest BCUT2D eigenvalue weighted by atomic mass is 10.3. The van der Waals surface area contributed by atoms with Crippen LogP contribution in [-0.2, 0) is 11.2 Å². The van der Waals surface area contributed by atoms with Gasteiger partial charge in [-0.3, -0.25) is 9.20 Å². The van der Waals surface area contributed by atoms with Crippen molar-refractivity contribution in [1.82, 2.24) is 19.9 Å². The molecule has 3 rings (SSSR count). The Kier molecular flexibility index (Phi) is 4.83. The molecule has 0 saturated heterocycles. The van der Waals surface area contributed by atoms with Crippen LogP contribution in [-0.4, -0.2) is 33.7 Å². The maximum absolute atomic E-state index is 11.8. The summed E-state index contributed by atoms with van der Waals surface area (Å²) < 4.78 is 7.42. The van der Waals surface area contributed by atoms with Gasteiger partial charge in [-0.05, 0) is 24.3 Å². The molecule has 0 atom stereocenters.